The zero-order valence-corrected chi connectivity index (χ0v) is 23.5. The van der Waals surface area contributed by atoms with Gasteiger partial charge in [0.2, 0.25) is 0 Å². The van der Waals surface area contributed by atoms with Gasteiger partial charge in [-0.25, -0.2) is 36.1 Å². The molecule has 0 saturated heterocycles. The van der Waals surface area contributed by atoms with Crippen LogP contribution < -0.4 is 24.8 Å². The van der Waals surface area contributed by atoms with E-state index in [1.807, 2.05) is 0 Å². The molecule has 2 aromatic carbocycles. The summed E-state index contributed by atoms with van der Waals surface area (Å²) in [5.74, 6) is 1.77. The Morgan fingerprint density at radius 2 is 1.06 bits per heavy atom. The number of hydrogen-bond acceptors (Lipinski definition) is 0. The van der Waals surface area contributed by atoms with Gasteiger partial charge in [-0.15, -0.1) is 37.1 Å². The van der Waals surface area contributed by atoms with Gasteiger partial charge in [-0.3, -0.25) is 0 Å². The van der Waals surface area contributed by atoms with Crippen LogP contribution in [0.5, 0.6) is 0 Å². The average molecular weight is 567 g/mol. The summed E-state index contributed by atoms with van der Waals surface area (Å²) in [4.78, 5) is 0. The van der Waals surface area contributed by atoms with Crippen molar-refractivity contribution < 1.29 is 49.0 Å². The second kappa shape index (κ2) is 15.5. The summed E-state index contributed by atoms with van der Waals surface area (Å²) >= 11 is 1.46. The van der Waals surface area contributed by atoms with Gasteiger partial charge in [0.05, 0.1) is 0 Å². The molecule has 176 valence electrons. The quantitative estimate of drug-likeness (QED) is 0.487. The Balaban J connectivity index is 0.000000181. The third kappa shape index (κ3) is 8.30. The Labute approximate surface area is 233 Å². The molecule has 0 radical (unpaired) electrons. The first-order valence-corrected chi connectivity index (χ1v) is 13.1. The van der Waals surface area contributed by atoms with E-state index in [1.165, 1.54) is 77.1 Å². The van der Waals surface area contributed by atoms with E-state index in [-0.39, 0.29) is 24.8 Å². The standard InChI is InChI=1S/C13H10.2C9H11.2ClH.Zr/c1-3-7-12(8-4-1)11-13-9-5-2-6-10-13;2*1-2-5-9-7-3-6-8(9)4-1;;;/h1-10H;2*1-2,4,6,9H,3,5,7H2;2*1H;/q;2*-1;;;+2/p-2. The zero-order valence-electron chi connectivity index (χ0n) is 19.5. The van der Waals surface area contributed by atoms with Gasteiger partial charge >= 0.3 is 99.2 Å². The van der Waals surface area contributed by atoms with Crippen LogP contribution in [-0.2, 0) is 24.2 Å². The predicted octanol–water partition coefficient (Wildman–Crippen LogP) is 1.78. The number of benzene rings is 2. The van der Waals surface area contributed by atoms with Gasteiger partial charge in [0.15, 0.2) is 0 Å². The summed E-state index contributed by atoms with van der Waals surface area (Å²) in [5, 5.41) is 0. The summed E-state index contributed by atoms with van der Waals surface area (Å²) in [6.45, 7) is 0. The van der Waals surface area contributed by atoms with Crippen molar-refractivity contribution >= 4 is 3.21 Å². The number of rotatable bonds is 2. The fourth-order valence-corrected chi connectivity index (χ4v) is 5.52. The van der Waals surface area contributed by atoms with E-state index in [4.69, 9.17) is 0 Å². The van der Waals surface area contributed by atoms with Crippen LogP contribution in [0, 0.1) is 24.7 Å². The van der Waals surface area contributed by atoms with Crippen molar-refractivity contribution in [3.8, 4) is 0 Å². The molecule has 0 aromatic heterocycles. The summed E-state index contributed by atoms with van der Waals surface area (Å²) in [6, 6.07) is 21.1. The molecule has 2 unspecified atom stereocenters. The third-order valence-electron chi connectivity index (χ3n) is 6.55. The van der Waals surface area contributed by atoms with Crippen molar-refractivity contribution in [2.45, 2.75) is 38.5 Å². The van der Waals surface area contributed by atoms with Crippen LogP contribution in [-0.4, -0.2) is 3.21 Å². The summed E-state index contributed by atoms with van der Waals surface area (Å²) in [5.41, 5.74) is 5.82. The first-order chi connectivity index (χ1) is 15.8. The fourth-order valence-electron chi connectivity index (χ4n) is 4.71. The van der Waals surface area contributed by atoms with Crippen LogP contribution in [0.3, 0.4) is 0 Å². The Hall–Kier alpha value is -1.53. The number of hydrogen-bond donors (Lipinski definition) is 0. The van der Waals surface area contributed by atoms with Gasteiger partial charge in [-0.1, -0.05) is 12.8 Å². The second-order valence-corrected chi connectivity index (χ2v) is 9.95. The zero-order chi connectivity index (χ0) is 22.0. The molecule has 2 atom stereocenters. The fraction of sp³-hybridized carbons (Fsp3) is 0.258. The molecule has 0 heterocycles. The molecule has 0 bridgehead atoms. The van der Waals surface area contributed by atoms with Crippen molar-refractivity contribution in [3.63, 3.8) is 0 Å². The van der Waals surface area contributed by atoms with Crippen LogP contribution in [0.4, 0.5) is 0 Å². The number of halogens is 2. The SMILES string of the molecule is C1=CCC2CC[CH-]C2=C1.C1=CCC2CC[CH-]C2=C1.[Cl-].[Cl-].[Zr+2]=[C](c1ccccc1)c1ccccc1. The second-order valence-electron chi connectivity index (χ2n) is 8.72. The average Bonchev–Trinajstić information content (AvgIpc) is 3.55. The van der Waals surface area contributed by atoms with Crippen molar-refractivity contribution in [2.24, 2.45) is 11.8 Å². The molecule has 0 nitrogen and oxygen atoms in total. The molecule has 34 heavy (non-hydrogen) atoms. The van der Waals surface area contributed by atoms with E-state index in [0.29, 0.717) is 0 Å². The van der Waals surface area contributed by atoms with Crippen molar-refractivity contribution in [1.29, 1.82) is 0 Å². The minimum absolute atomic E-state index is 0. The van der Waals surface area contributed by atoms with E-state index in [1.54, 1.807) is 11.1 Å². The number of fused-ring (bicyclic) bond motifs is 2. The molecule has 6 rings (SSSR count). The summed E-state index contributed by atoms with van der Waals surface area (Å²) in [7, 11) is 0. The van der Waals surface area contributed by atoms with Crippen LogP contribution in [0.1, 0.15) is 49.7 Å². The molecule has 2 aromatic rings. The third-order valence-corrected chi connectivity index (χ3v) is 7.97. The Morgan fingerprint density at radius 3 is 1.44 bits per heavy atom. The van der Waals surface area contributed by atoms with Crippen molar-refractivity contribution in [2.75, 3.05) is 0 Å². The first kappa shape index (κ1) is 28.7. The van der Waals surface area contributed by atoms with Crippen molar-refractivity contribution in [1.82, 2.24) is 0 Å². The maximum atomic E-state index is 2.37. The number of allylic oxidation sites excluding steroid dienone is 8. The van der Waals surface area contributed by atoms with Crippen LogP contribution in [0.2, 0.25) is 0 Å². The van der Waals surface area contributed by atoms with Gasteiger partial charge in [0.25, 0.3) is 0 Å². The van der Waals surface area contributed by atoms with E-state index in [2.05, 4.69) is 110 Å². The molecule has 3 heteroatoms. The normalized spacial score (nSPS) is 20.5. The Bertz CT molecular complexity index is 921. The van der Waals surface area contributed by atoms with Crippen molar-refractivity contribution in [3.05, 3.63) is 132 Å². The topological polar surface area (TPSA) is 0 Å². The Morgan fingerprint density at radius 1 is 0.647 bits per heavy atom. The van der Waals surface area contributed by atoms with Gasteiger partial charge < -0.3 is 24.8 Å². The first-order valence-electron chi connectivity index (χ1n) is 11.9. The molecular weight excluding hydrogens is 534 g/mol. The minimum atomic E-state index is 0. The maximum absolute atomic E-state index is 2.37. The van der Waals surface area contributed by atoms with Gasteiger partial charge in [-0.05, 0) is 24.7 Å². The molecule has 0 spiro atoms. The molecule has 4 aliphatic rings. The van der Waals surface area contributed by atoms with Gasteiger partial charge in [-0.2, -0.15) is 0 Å². The van der Waals surface area contributed by atoms with E-state index in [9.17, 15) is 0 Å². The summed E-state index contributed by atoms with van der Waals surface area (Å²) in [6.07, 6.45) is 26.1. The molecular formula is C31H32Cl2Zr-2. The van der Waals surface area contributed by atoms with E-state index < -0.39 is 0 Å². The van der Waals surface area contributed by atoms with Crippen LogP contribution >= 0.6 is 0 Å². The van der Waals surface area contributed by atoms with Gasteiger partial charge in [0, 0.05) is 0 Å². The molecule has 2 saturated carbocycles. The molecule has 0 amide bonds. The molecule has 4 aliphatic carbocycles. The monoisotopic (exact) mass is 564 g/mol. The van der Waals surface area contributed by atoms with E-state index in [0.717, 1.165) is 11.8 Å². The van der Waals surface area contributed by atoms with Crippen LogP contribution in [0.15, 0.2) is 108 Å². The predicted molar refractivity (Wildman–Crippen MR) is 134 cm³/mol. The van der Waals surface area contributed by atoms with Crippen LogP contribution in [0.25, 0.3) is 0 Å². The molecule has 0 N–H and O–H groups in total. The Kier molecular flexibility index (Phi) is 13.1. The van der Waals surface area contributed by atoms with E-state index >= 15 is 0 Å². The molecule has 0 aliphatic heterocycles. The molecule has 2 fully saturated rings. The van der Waals surface area contributed by atoms with Gasteiger partial charge in [0.1, 0.15) is 0 Å². The summed E-state index contributed by atoms with van der Waals surface area (Å²) < 4.78 is 1.42.